The molecule has 6 aliphatic carbocycles. The van der Waals surface area contributed by atoms with E-state index in [1.54, 1.807) is 11.1 Å². The third-order valence-electron chi connectivity index (χ3n) is 16.2. The molecule has 1 radical (unpaired) electrons. The summed E-state index contributed by atoms with van der Waals surface area (Å²) in [5.41, 5.74) is 13.6. The first kappa shape index (κ1) is 49.8. The summed E-state index contributed by atoms with van der Waals surface area (Å²) in [5, 5.41) is 0.711. The Bertz CT molecular complexity index is 1690. The van der Waals surface area contributed by atoms with Crippen LogP contribution in [0, 0.1) is 0 Å². The average molecular weight is 935 g/mol. The molecule has 1 aromatic heterocycles. The Hall–Kier alpha value is -1.62. The fourth-order valence-corrected chi connectivity index (χ4v) is 13.1. The van der Waals surface area contributed by atoms with Gasteiger partial charge in [-0.25, -0.2) is 4.98 Å². The molecule has 2 aromatic carbocycles. The van der Waals surface area contributed by atoms with Crippen molar-refractivity contribution in [2.45, 2.75) is 228 Å². The summed E-state index contributed by atoms with van der Waals surface area (Å²) in [7, 11) is 0. The van der Waals surface area contributed by atoms with Crippen LogP contribution in [0.25, 0.3) is 0 Å². The van der Waals surface area contributed by atoms with E-state index in [1.807, 2.05) is 12.1 Å². The van der Waals surface area contributed by atoms with Gasteiger partial charge in [-0.2, -0.15) is 0 Å². The fraction of sp³-hybridized carbons (Fsp3) is 0.655. The van der Waals surface area contributed by atoms with Gasteiger partial charge in [0.05, 0.1) is 35.2 Å². The predicted molar refractivity (Wildman–Crippen MR) is 252 cm³/mol. The second-order valence-electron chi connectivity index (χ2n) is 20.3. The van der Waals surface area contributed by atoms with Crippen LogP contribution in [-0.2, 0) is 18.6 Å². The molecule has 0 atom stereocenters. The molecule has 6 aliphatic rings. The zero-order valence-corrected chi connectivity index (χ0v) is 41.4. The number of hydrogen-bond donors (Lipinski definition) is 0. The quantitative estimate of drug-likeness (QED) is 0.187. The van der Waals surface area contributed by atoms with Crippen molar-refractivity contribution in [3.8, 4) is 0 Å². The maximum absolute atomic E-state index is 6.98. The number of halogens is 3. The Morgan fingerprint density at radius 2 is 0.613 bits per heavy atom. The van der Waals surface area contributed by atoms with Gasteiger partial charge in [0.25, 0.3) is 0 Å². The van der Waals surface area contributed by atoms with Crippen LogP contribution >= 0.6 is 11.6 Å². The second kappa shape index (κ2) is 24.8. The van der Waals surface area contributed by atoms with E-state index >= 15 is 0 Å². The van der Waals surface area contributed by atoms with Gasteiger partial charge < -0.3 is 24.8 Å². The number of benzene rings is 2. The van der Waals surface area contributed by atoms with Crippen LogP contribution < -0.4 is 24.8 Å². The summed E-state index contributed by atoms with van der Waals surface area (Å²) in [6.07, 6.45) is 44.4. The van der Waals surface area contributed by atoms with Crippen molar-refractivity contribution < 1.29 is 43.4 Å². The molecule has 0 aliphatic heterocycles. The zero-order chi connectivity index (χ0) is 39.8. The third kappa shape index (κ3) is 12.4. The Balaban J connectivity index is 0.00000214. The van der Waals surface area contributed by atoms with Crippen LogP contribution in [0.4, 0.5) is 11.4 Å². The van der Waals surface area contributed by atoms with Gasteiger partial charge in [0.2, 0.25) is 0 Å². The minimum atomic E-state index is 0. The van der Waals surface area contributed by atoms with Crippen molar-refractivity contribution in [2.24, 2.45) is 9.98 Å². The van der Waals surface area contributed by atoms with E-state index < -0.39 is 0 Å². The van der Waals surface area contributed by atoms with Crippen LogP contribution in [0.3, 0.4) is 0 Å². The van der Waals surface area contributed by atoms with Gasteiger partial charge in [-0.05, 0) is 158 Å². The normalized spacial score (nSPS) is 22.0. The molecule has 0 spiro atoms. The van der Waals surface area contributed by atoms with Gasteiger partial charge in [0.15, 0.2) is 0 Å². The maximum Gasteiger partial charge on any atom is 2.00 e. The summed E-state index contributed by atoms with van der Waals surface area (Å²) >= 11 is 6.98. The summed E-state index contributed by atoms with van der Waals surface area (Å²) < 4.78 is 0. The first-order valence-electron chi connectivity index (χ1n) is 25.3. The van der Waals surface area contributed by atoms with Crippen molar-refractivity contribution in [3.63, 3.8) is 0 Å². The number of aromatic nitrogens is 1. The molecule has 62 heavy (non-hydrogen) atoms. The van der Waals surface area contributed by atoms with Crippen LogP contribution in [0.15, 0.2) is 46.4 Å². The van der Waals surface area contributed by atoms with E-state index in [0.29, 0.717) is 40.5 Å². The van der Waals surface area contributed by atoms with E-state index in [9.17, 15) is 0 Å². The van der Waals surface area contributed by atoms with Gasteiger partial charge in [-0.3, -0.25) is 9.98 Å². The molecule has 1 heterocycles. The largest absolute Gasteiger partial charge is 2.00 e. The van der Waals surface area contributed by atoms with Crippen molar-refractivity contribution in [1.82, 2.24) is 4.98 Å². The number of aliphatic imine (C=N–C) groups is 2. The van der Waals surface area contributed by atoms with Crippen LogP contribution in [0.1, 0.15) is 273 Å². The van der Waals surface area contributed by atoms with E-state index in [4.69, 9.17) is 26.6 Å². The topological polar surface area (TPSA) is 37.6 Å². The summed E-state index contributed by atoms with van der Waals surface area (Å²) in [5.74, 6) is 3.86. The number of rotatable bonds is 10. The van der Waals surface area contributed by atoms with Crippen LogP contribution in [-0.4, -0.2) is 17.4 Å². The van der Waals surface area contributed by atoms with Gasteiger partial charge in [0.1, 0.15) is 0 Å². The van der Waals surface area contributed by atoms with Gasteiger partial charge in [-0.1, -0.05) is 151 Å². The molecule has 6 fully saturated rings. The van der Waals surface area contributed by atoms with Crippen LogP contribution in [0.2, 0.25) is 5.02 Å². The SMILES string of the molecule is Clc1cc(C=Nc2c(C3CCCCC3)cc(C3CCCCC3)cc2C2CCCCC2)nc(C=Nc2c(C3CCCCC3)cc(C3CCCCC3)cc2C2CCCCC2)c1.[Cl-].[Cl-].[V+2]. The molecule has 6 saturated carbocycles. The fourth-order valence-electron chi connectivity index (χ4n) is 12.9. The molecule has 335 valence electrons. The van der Waals surface area contributed by atoms with Gasteiger partial charge in [0, 0.05) is 5.02 Å². The molecule has 7 heteroatoms. The molecule has 0 bridgehead atoms. The van der Waals surface area contributed by atoms with Crippen molar-refractivity contribution in [1.29, 1.82) is 0 Å². The van der Waals surface area contributed by atoms with Gasteiger partial charge >= 0.3 is 18.6 Å². The minimum Gasteiger partial charge on any atom is -1.00 e. The van der Waals surface area contributed by atoms with E-state index in [1.165, 1.54) is 226 Å². The van der Waals surface area contributed by atoms with E-state index in [0.717, 1.165) is 11.4 Å². The van der Waals surface area contributed by atoms with Crippen molar-refractivity contribution >= 4 is 35.4 Å². The maximum atomic E-state index is 6.98. The summed E-state index contributed by atoms with van der Waals surface area (Å²) in [4.78, 5) is 16.3. The third-order valence-corrected chi connectivity index (χ3v) is 16.4. The Labute approximate surface area is 405 Å². The monoisotopic (exact) mass is 932 g/mol. The molecular formula is C55H74Cl3N3V. The molecule has 0 amide bonds. The predicted octanol–water partition coefficient (Wildman–Crippen LogP) is 11.5. The number of nitrogens with zero attached hydrogens (tertiary/aromatic N) is 3. The van der Waals surface area contributed by atoms with Crippen molar-refractivity contribution in [2.75, 3.05) is 0 Å². The molecule has 0 saturated heterocycles. The zero-order valence-electron chi connectivity index (χ0n) is 37.7. The molecule has 0 unspecified atom stereocenters. The standard InChI is InChI=1S/C55H74ClN3.2ClH.V/c56-47-35-48(37-57-54-50(41-23-11-3-12-24-41)31-45(39-19-7-1-8-20-39)32-51(54)42-25-13-4-14-26-42)59-49(36-47)38-58-55-52(43-27-15-5-16-28-43)33-46(40-21-9-2-10-22-40)34-53(55)44-29-17-6-18-30-44;;;/h31-44H,1-30H2;2*1H;/q;;;+2/p-2. The number of pyridine rings is 1. The Kier molecular flexibility index (Phi) is 19.9. The minimum absolute atomic E-state index is 0. The smallest absolute Gasteiger partial charge is 1.00 e. The second-order valence-corrected chi connectivity index (χ2v) is 20.7. The Morgan fingerprint density at radius 3 is 0.871 bits per heavy atom. The summed E-state index contributed by atoms with van der Waals surface area (Å²) in [6.45, 7) is 0. The molecular weight excluding hydrogens is 860 g/mol. The molecule has 3 nitrogen and oxygen atoms in total. The number of hydrogen-bond acceptors (Lipinski definition) is 3. The first-order valence-corrected chi connectivity index (χ1v) is 25.7. The average Bonchev–Trinajstić information content (AvgIpc) is 3.31. The van der Waals surface area contributed by atoms with Crippen molar-refractivity contribution in [3.05, 3.63) is 86.2 Å². The molecule has 9 rings (SSSR count). The summed E-state index contributed by atoms with van der Waals surface area (Å²) in [6, 6.07) is 14.6. The van der Waals surface area contributed by atoms with E-state index in [2.05, 4.69) is 36.7 Å². The Morgan fingerprint density at radius 1 is 0.371 bits per heavy atom. The molecule has 3 aromatic rings. The van der Waals surface area contributed by atoms with Crippen LogP contribution in [0.5, 0.6) is 0 Å². The van der Waals surface area contributed by atoms with Gasteiger partial charge in [-0.15, -0.1) is 0 Å². The van der Waals surface area contributed by atoms with E-state index in [-0.39, 0.29) is 43.4 Å². The first-order chi connectivity index (χ1) is 29.2. The molecule has 0 N–H and O–H groups in total.